The Morgan fingerprint density at radius 3 is 2.20 bits per heavy atom. The number of rotatable bonds is 1. The first-order valence-electron chi connectivity index (χ1n) is 2.23. The molecule has 0 fully saturated rings. The maximum absolute atomic E-state index is 11.6. The van der Waals surface area contributed by atoms with E-state index < -0.39 is 11.9 Å². The van der Waals surface area contributed by atoms with Crippen molar-refractivity contribution in [2.75, 3.05) is 7.11 Å². The highest BCUT2D eigenvalue weighted by molar-refractivity contribution is 5.11. The molecule has 0 aliphatic carbocycles. The van der Waals surface area contributed by atoms with Crippen LogP contribution in [0.1, 0.15) is 0 Å². The molecule has 10 heavy (non-hydrogen) atoms. The molecule has 0 N–H and O–H groups in total. The summed E-state index contributed by atoms with van der Waals surface area (Å²) >= 11 is 0. The van der Waals surface area contributed by atoms with Gasteiger partial charge in [-0.05, 0) is 0 Å². The molecular weight excluding hydrogens is 147 g/mol. The Balaban J connectivity index is 4.41. The van der Waals surface area contributed by atoms with Crippen molar-refractivity contribution in [1.82, 2.24) is 0 Å². The monoisotopic (exact) mass is 151 g/mol. The third-order valence-corrected chi connectivity index (χ3v) is 0.695. The van der Waals surface area contributed by atoms with Gasteiger partial charge >= 0.3 is 6.18 Å². The SMILES string of the molecule is CO/C(=C\C#N)C(F)(F)F. The first kappa shape index (κ1) is 8.82. The van der Waals surface area contributed by atoms with Gasteiger partial charge in [0.05, 0.1) is 19.3 Å². The normalized spacial score (nSPS) is 12.5. The second kappa shape index (κ2) is 3.11. The van der Waals surface area contributed by atoms with Crippen LogP contribution in [0.2, 0.25) is 0 Å². The molecule has 56 valence electrons. The summed E-state index contributed by atoms with van der Waals surface area (Å²) in [5.41, 5.74) is 0. The second-order valence-electron chi connectivity index (χ2n) is 1.34. The number of allylic oxidation sites excluding steroid dienone is 2. The molecule has 0 aromatic rings. The van der Waals surface area contributed by atoms with Gasteiger partial charge in [-0.2, -0.15) is 18.4 Å². The predicted octanol–water partition coefficient (Wildman–Crippen LogP) is 1.60. The summed E-state index contributed by atoms with van der Waals surface area (Å²) in [6.45, 7) is 0. The molecule has 2 nitrogen and oxygen atoms in total. The Morgan fingerprint density at radius 1 is 1.60 bits per heavy atom. The minimum absolute atomic E-state index is 0.306. The number of nitriles is 1. The van der Waals surface area contributed by atoms with Gasteiger partial charge in [-0.15, -0.1) is 0 Å². The Bertz CT molecular complexity index is 176. The highest BCUT2D eigenvalue weighted by Crippen LogP contribution is 2.25. The van der Waals surface area contributed by atoms with Crippen LogP contribution in [0.5, 0.6) is 0 Å². The largest absolute Gasteiger partial charge is 0.492 e. The van der Waals surface area contributed by atoms with Crippen molar-refractivity contribution in [2.24, 2.45) is 0 Å². The maximum Gasteiger partial charge on any atom is 0.449 e. The molecule has 0 unspecified atom stereocenters. The zero-order valence-electron chi connectivity index (χ0n) is 5.07. The van der Waals surface area contributed by atoms with Crippen molar-refractivity contribution in [3.63, 3.8) is 0 Å². The Morgan fingerprint density at radius 2 is 2.10 bits per heavy atom. The van der Waals surface area contributed by atoms with Crippen LogP contribution in [0.15, 0.2) is 11.8 Å². The van der Waals surface area contributed by atoms with E-state index in [1.807, 2.05) is 0 Å². The van der Waals surface area contributed by atoms with Gasteiger partial charge in [0.2, 0.25) is 5.76 Å². The fourth-order valence-electron chi connectivity index (χ4n) is 0.315. The van der Waals surface area contributed by atoms with E-state index >= 15 is 0 Å². The maximum atomic E-state index is 11.6. The third-order valence-electron chi connectivity index (χ3n) is 0.695. The van der Waals surface area contributed by atoms with Crippen LogP contribution in [-0.4, -0.2) is 13.3 Å². The minimum Gasteiger partial charge on any atom is -0.492 e. The van der Waals surface area contributed by atoms with Crippen LogP contribution in [-0.2, 0) is 4.74 Å². The summed E-state index contributed by atoms with van der Waals surface area (Å²) in [6, 6.07) is 1.22. The van der Waals surface area contributed by atoms with Gasteiger partial charge in [-0.1, -0.05) is 0 Å². The van der Waals surface area contributed by atoms with E-state index in [0.29, 0.717) is 6.08 Å². The smallest absolute Gasteiger partial charge is 0.449 e. The summed E-state index contributed by atoms with van der Waals surface area (Å²) in [7, 11) is 0.858. The third kappa shape index (κ3) is 2.40. The number of hydrogen-bond donors (Lipinski definition) is 0. The van der Waals surface area contributed by atoms with E-state index in [1.54, 1.807) is 0 Å². The lowest BCUT2D eigenvalue weighted by atomic mass is 10.4. The molecule has 0 atom stereocenters. The van der Waals surface area contributed by atoms with E-state index in [0.717, 1.165) is 7.11 Å². The van der Waals surface area contributed by atoms with Gasteiger partial charge in [-0.25, -0.2) is 0 Å². The summed E-state index contributed by atoms with van der Waals surface area (Å²) in [4.78, 5) is 0. The minimum atomic E-state index is -4.56. The Hall–Kier alpha value is -1.18. The lowest BCUT2D eigenvalue weighted by molar-refractivity contribution is -0.125. The first-order chi connectivity index (χ1) is 4.52. The standard InChI is InChI=1S/C5H4F3NO/c1-10-4(2-3-9)5(6,7)8/h2H,1H3/b4-2-. The second-order valence-corrected chi connectivity index (χ2v) is 1.34. The lowest BCUT2D eigenvalue weighted by Gasteiger charge is -2.06. The van der Waals surface area contributed by atoms with Gasteiger partial charge in [-0.3, -0.25) is 0 Å². The molecule has 0 rings (SSSR count). The van der Waals surface area contributed by atoms with Crippen LogP contribution in [0.4, 0.5) is 13.2 Å². The van der Waals surface area contributed by atoms with Crippen molar-refractivity contribution in [1.29, 1.82) is 5.26 Å². The molecule has 0 amide bonds. The average molecular weight is 151 g/mol. The van der Waals surface area contributed by atoms with Crippen molar-refractivity contribution < 1.29 is 17.9 Å². The van der Waals surface area contributed by atoms with Crippen molar-refractivity contribution in [3.05, 3.63) is 11.8 Å². The zero-order valence-corrected chi connectivity index (χ0v) is 5.07. The van der Waals surface area contributed by atoms with Gasteiger partial charge in [0.25, 0.3) is 0 Å². The summed E-state index contributed by atoms with van der Waals surface area (Å²) in [5.74, 6) is -1.28. The molecule has 0 heterocycles. The van der Waals surface area contributed by atoms with E-state index in [-0.39, 0.29) is 0 Å². The van der Waals surface area contributed by atoms with Gasteiger partial charge in [0.1, 0.15) is 0 Å². The van der Waals surface area contributed by atoms with Crippen LogP contribution >= 0.6 is 0 Å². The molecular formula is C5H4F3NO. The molecule has 5 heteroatoms. The zero-order chi connectivity index (χ0) is 8.20. The molecule has 0 aromatic heterocycles. The van der Waals surface area contributed by atoms with Crippen molar-refractivity contribution >= 4 is 0 Å². The van der Waals surface area contributed by atoms with Gasteiger partial charge in [0.15, 0.2) is 0 Å². The van der Waals surface area contributed by atoms with E-state index in [9.17, 15) is 13.2 Å². The number of methoxy groups -OCH3 is 1. The number of alkyl halides is 3. The van der Waals surface area contributed by atoms with Crippen LogP contribution in [0, 0.1) is 11.3 Å². The fourth-order valence-corrected chi connectivity index (χ4v) is 0.315. The Labute approximate surface area is 55.5 Å². The number of hydrogen-bond acceptors (Lipinski definition) is 2. The molecule has 0 bridgehead atoms. The van der Waals surface area contributed by atoms with Gasteiger partial charge < -0.3 is 4.74 Å². The first-order valence-corrected chi connectivity index (χ1v) is 2.23. The van der Waals surface area contributed by atoms with E-state index in [2.05, 4.69) is 4.74 Å². The molecule has 0 radical (unpaired) electrons. The predicted molar refractivity (Wildman–Crippen MR) is 26.8 cm³/mol. The highest BCUT2D eigenvalue weighted by Gasteiger charge is 2.35. The molecule has 0 aliphatic heterocycles. The van der Waals surface area contributed by atoms with E-state index in [1.165, 1.54) is 6.07 Å². The average Bonchev–Trinajstić information content (AvgIpc) is 1.80. The molecule has 0 aliphatic rings. The summed E-state index contributed by atoms with van der Waals surface area (Å²) in [5, 5.41) is 7.82. The number of halogens is 3. The summed E-state index contributed by atoms with van der Waals surface area (Å²) < 4.78 is 38.6. The Kier molecular flexibility index (Phi) is 2.74. The fraction of sp³-hybridized carbons (Fsp3) is 0.400. The number of nitrogens with zero attached hydrogens (tertiary/aromatic N) is 1. The van der Waals surface area contributed by atoms with E-state index in [4.69, 9.17) is 5.26 Å². The lowest BCUT2D eigenvalue weighted by Crippen LogP contribution is -2.12. The van der Waals surface area contributed by atoms with Crippen LogP contribution < -0.4 is 0 Å². The van der Waals surface area contributed by atoms with Crippen LogP contribution in [0.25, 0.3) is 0 Å². The highest BCUT2D eigenvalue weighted by atomic mass is 19.4. The number of ether oxygens (including phenoxy) is 1. The quantitative estimate of drug-likeness (QED) is 0.421. The molecule has 0 saturated carbocycles. The molecule has 0 saturated heterocycles. The summed E-state index contributed by atoms with van der Waals surface area (Å²) in [6.07, 6.45) is -4.26. The van der Waals surface area contributed by atoms with Crippen LogP contribution in [0.3, 0.4) is 0 Å². The van der Waals surface area contributed by atoms with Crippen molar-refractivity contribution in [2.45, 2.75) is 6.18 Å². The van der Waals surface area contributed by atoms with Crippen molar-refractivity contribution in [3.8, 4) is 6.07 Å². The molecule has 0 aromatic carbocycles. The molecule has 0 spiro atoms. The van der Waals surface area contributed by atoms with Gasteiger partial charge in [0, 0.05) is 0 Å². The topological polar surface area (TPSA) is 33.0 Å².